The van der Waals surface area contributed by atoms with Crippen LogP contribution in [0.15, 0.2) is 17.1 Å². The molecule has 1 aliphatic rings. The summed E-state index contributed by atoms with van der Waals surface area (Å²) in [6.45, 7) is 0.777. The molecule has 1 heterocycles. The molecule has 1 aliphatic carbocycles. The van der Waals surface area contributed by atoms with Crippen LogP contribution in [0.5, 0.6) is 0 Å². The Bertz CT molecular complexity index is 396. The minimum Gasteiger partial charge on any atom is -0.370 e. The molecule has 1 aromatic heterocycles. The standard InChI is InChI=1S/C12H18ClN3S/c1-16(8-10-6-7-11(13)17-10)12(14)15-9-4-2-3-5-9/h6-7,9H,2-5,8H2,1H3,(H2,14,15). The lowest BCUT2D eigenvalue weighted by Gasteiger charge is -2.18. The average molecular weight is 272 g/mol. The van der Waals surface area contributed by atoms with Crippen molar-refractivity contribution >= 4 is 28.9 Å². The van der Waals surface area contributed by atoms with Crippen LogP contribution in [0.1, 0.15) is 30.6 Å². The summed E-state index contributed by atoms with van der Waals surface area (Å²) in [5, 5.41) is 0. The Kier molecular flexibility index (Phi) is 4.29. The molecule has 0 radical (unpaired) electrons. The Morgan fingerprint density at radius 1 is 1.53 bits per heavy atom. The number of rotatable bonds is 3. The highest BCUT2D eigenvalue weighted by Gasteiger charge is 2.15. The van der Waals surface area contributed by atoms with Gasteiger partial charge in [-0.05, 0) is 25.0 Å². The summed E-state index contributed by atoms with van der Waals surface area (Å²) in [4.78, 5) is 7.77. The van der Waals surface area contributed by atoms with E-state index in [9.17, 15) is 0 Å². The third-order valence-corrected chi connectivity index (χ3v) is 4.27. The van der Waals surface area contributed by atoms with E-state index in [0.717, 1.165) is 10.9 Å². The van der Waals surface area contributed by atoms with E-state index in [1.54, 1.807) is 11.3 Å². The maximum atomic E-state index is 6.00. The van der Waals surface area contributed by atoms with E-state index >= 15 is 0 Å². The molecule has 0 aliphatic heterocycles. The van der Waals surface area contributed by atoms with E-state index in [4.69, 9.17) is 17.3 Å². The van der Waals surface area contributed by atoms with E-state index in [-0.39, 0.29) is 0 Å². The molecule has 0 amide bonds. The lowest BCUT2D eigenvalue weighted by molar-refractivity contribution is 0.491. The van der Waals surface area contributed by atoms with Crippen molar-refractivity contribution in [2.45, 2.75) is 38.3 Å². The van der Waals surface area contributed by atoms with Gasteiger partial charge >= 0.3 is 0 Å². The zero-order valence-electron chi connectivity index (χ0n) is 10.0. The van der Waals surface area contributed by atoms with Crippen molar-refractivity contribution in [1.82, 2.24) is 4.90 Å². The largest absolute Gasteiger partial charge is 0.370 e. The van der Waals surface area contributed by atoms with Gasteiger partial charge in [-0.25, -0.2) is 4.99 Å². The van der Waals surface area contributed by atoms with Gasteiger partial charge in [0.2, 0.25) is 0 Å². The SMILES string of the molecule is CN(Cc1ccc(Cl)s1)C(N)=NC1CCCC1. The first kappa shape index (κ1) is 12.7. The molecule has 1 saturated carbocycles. The fourth-order valence-electron chi connectivity index (χ4n) is 2.07. The Hall–Kier alpha value is -0.740. The summed E-state index contributed by atoms with van der Waals surface area (Å²) in [6.07, 6.45) is 4.93. The Labute approximate surface area is 111 Å². The molecule has 0 atom stereocenters. The number of thiophene rings is 1. The van der Waals surface area contributed by atoms with Crippen LogP contribution in [0.2, 0.25) is 4.34 Å². The third kappa shape index (κ3) is 3.61. The molecule has 0 spiro atoms. The second-order valence-corrected chi connectivity index (χ2v) is 6.29. The molecule has 2 N–H and O–H groups in total. The molecule has 0 saturated heterocycles. The van der Waals surface area contributed by atoms with Crippen LogP contribution in [0.3, 0.4) is 0 Å². The second-order valence-electron chi connectivity index (χ2n) is 4.49. The third-order valence-electron chi connectivity index (χ3n) is 3.05. The fraction of sp³-hybridized carbons (Fsp3) is 0.583. The van der Waals surface area contributed by atoms with Gasteiger partial charge in [0.1, 0.15) is 0 Å². The molecule has 1 aromatic rings. The van der Waals surface area contributed by atoms with Gasteiger partial charge < -0.3 is 10.6 Å². The normalized spacial score (nSPS) is 17.6. The Morgan fingerprint density at radius 3 is 2.82 bits per heavy atom. The zero-order valence-corrected chi connectivity index (χ0v) is 11.6. The van der Waals surface area contributed by atoms with Gasteiger partial charge in [0, 0.05) is 11.9 Å². The number of nitrogens with two attached hydrogens (primary N) is 1. The van der Waals surface area contributed by atoms with Crippen molar-refractivity contribution in [2.75, 3.05) is 7.05 Å². The molecule has 94 valence electrons. The van der Waals surface area contributed by atoms with Crippen LogP contribution in [0.4, 0.5) is 0 Å². The summed E-state index contributed by atoms with van der Waals surface area (Å²) in [6, 6.07) is 4.39. The van der Waals surface area contributed by atoms with Gasteiger partial charge in [-0.3, -0.25) is 0 Å². The van der Waals surface area contributed by atoms with Gasteiger partial charge in [-0.1, -0.05) is 24.4 Å². The minimum atomic E-state index is 0.435. The number of hydrogen-bond donors (Lipinski definition) is 1. The Balaban J connectivity index is 1.92. The lowest BCUT2D eigenvalue weighted by Crippen LogP contribution is -2.34. The van der Waals surface area contributed by atoms with Crippen LogP contribution in [0, 0.1) is 0 Å². The first-order valence-electron chi connectivity index (χ1n) is 5.94. The van der Waals surface area contributed by atoms with Crippen molar-refractivity contribution in [3.8, 4) is 0 Å². The van der Waals surface area contributed by atoms with Crippen LogP contribution in [-0.2, 0) is 6.54 Å². The van der Waals surface area contributed by atoms with E-state index < -0.39 is 0 Å². The smallest absolute Gasteiger partial charge is 0.191 e. The van der Waals surface area contributed by atoms with E-state index in [1.165, 1.54) is 30.6 Å². The second kappa shape index (κ2) is 5.74. The predicted molar refractivity (Wildman–Crippen MR) is 74.7 cm³/mol. The number of hydrogen-bond acceptors (Lipinski definition) is 2. The molecular formula is C12H18ClN3S. The highest BCUT2D eigenvalue weighted by atomic mass is 35.5. The maximum Gasteiger partial charge on any atom is 0.191 e. The van der Waals surface area contributed by atoms with Crippen molar-refractivity contribution in [3.05, 3.63) is 21.3 Å². The topological polar surface area (TPSA) is 41.6 Å². The van der Waals surface area contributed by atoms with E-state index in [1.807, 2.05) is 24.1 Å². The first-order valence-corrected chi connectivity index (χ1v) is 7.13. The highest BCUT2D eigenvalue weighted by Crippen LogP contribution is 2.23. The molecule has 0 bridgehead atoms. The van der Waals surface area contributed by atoms with Crippen LogP contribution in [-0.4, -0.2) is 23.9 Å². The summed E-state index contributed by atoms with van der Waals surface area (Å²) in [7, 11) is 1.97. The van der Waals surface area contributed by atoms with Crippen molar-refractivity contribution in [2.24, 2.45) is 10.7 Å². The highest BCUT2D eigenvalue weighted by molar-refractivity contribution is 7.16. The van der Waals surface area contributed by atoms with Gasteiger partial charge in [-0.2, -0.15) is 0 Å². The van der Waals surface area contributed by atoms with Crippen molar-refractivity contribution in [1.29, 1.82) is 0 Å². The molecular weight excluding hydrogens is 254 g/mol. The summed E-state index contributed by atoms with van der Waals surface area (Å²) in [5.41, 5.74) is 6.00. The molecule has 0 aromatic carbocycles. The van der Waals surface area contributed by atoms with E-state index in [2.05, 4.69) is 4.99 Å². The quantitative estimate of drug-likeness (QED) is 0.678. The number of nitrogens with zero attached hydrogens (tertiary/aromatic N) is 2. The summed E-state index contributed by atoms with van der Waals surface area (Å²) >= 11 is 7.49. The van der Waals surface area contributed by atoms with Gasteiger partial charge in [0.25, 0.3) is 0 Å². The maximum absolute atomic E-state index is 6.00. The molecule has 2 rings (SSSR count). The Morgan fingerprint density at radius 2 is 2.24 bits per heavy atom. The first-order chi connectivity index (χ1) is 8.15. The van der Waals surface area contributed by atoms with E-state index in [0.29, 0.717) is 12.0 Å². The monoisotopic (exact) mass is 271 g/mol. The summed E-state index contributed by atoms with van der Waals surface area (Å²) < 4.78 is 0.819. The number of guanidine groups is 1. The predicted octanol–water partition coefficient (Wildman–Crippen LogP) is 3.09. The molecule has 17 heavy (non-hydrogen) atoms. The molecule has 3 nitrogen and oxygen atoms in total. The van der Waals surface area contributed by atoms with Crippen LogP contribution in [0.25, 0.3) is 0 Å². The average Bonchev–Trinajstić information content (AvgIpc) is 2.90. The van der Waals surface area contributed by atoms with Gasteiger partial charge in [0.05, 0.1) is 16.9 Å². The van der Waals surface area contributed by atoms with Crippen molar-refractivity contribution < 1.29 is 0 Å². The fourth-order valence-corrected chi connectivity index (χ4v) is 3.21. The minimum absolute atomic E-state index is 0.435. The molecule has 0 unspecified atom stereocenters. The zero-order chi connectivity index (χ0) is 12.3. The molecule has 5 heteroatoms. The molecule has 1 fully saturated rings. The lowest BCUT2D eigenvalue weighted by atomic mass is 10.3. The summed E-state index contributed by atoms with van der Waals surface area (Å²) in [5.74, 6) is 0.640. The van der Waals surface area contributed by atoms with Gasteiger partial charge in [0.15, 0.2) is 5.96 Å². The number of aliphatic imine (C=N–C) groups is 1. The number of halogens is 1. The van der Waals surface area contributed by atoms with Crippen LogP contribution < -0.4 is 5.73 Å². The van der Waals surface area contributed by atoms with Gasteiger partial charge in [-0.15, -0.1) is 11.3 Å². The van der Waals surface area contributed by atoms with Crippen LogP contribution >= 0.6 is 22.9 Å². The van der Waals surface area contributed by atoms with Crippen molar-refractivity contribution in [3.63, 3.8) is 0 Å².